The molecule has 1 aliphatic heterocycles. The van der Waals surface area contributed by atoms with Crippen LogP contribution in [0.25, 0.3) is 0 Å². The highest BCUT2D eigenvalue weighted by Crippen LogP contribution is 2.32. The smallest absolute Gasteiger partial charge is 0.127 e. The Hall–Kier alpha value is -1.09. The molecule has 1 saturated heterocycles. The van der Waals surface area contributed by atoms with Crippen LogP contribution in [0.2, 0.25) is 0 Å². The zero-order valence-corrected chi connectivity index (χ0v) is 7.88. The molecular formula is C10H15N3. The van der Waals surface area contributed by atoms with Crippen LogP contribution in [0.3, 0.4) is 0 Å². The van der Waals surface area contributed by atoms with Gasteiger partial charge < -0.3 is 11.1 Å². The second-order valence-electron chi connectivity index (χ2n) is 3.92. The lowest BCUT2D eigenvalue weighted by Gasteiger charge is -2.23. The van der Waals surface area contributed by atoms with Crippen molar-refractivity contribution in [3.63, 3.8) is 0 Å². The number of aromatic nitrogens is 1. The van der Waals surface area contributed by atoms with E-state index in [0.717, 1.165) is 19.5 Å². The summed E-state index contributed by atoms with van der Waals surface area (Å²) in [6.45, 7) is 4.31. The highest BCUT2D eigenvalue weighted by atomic mass is 14.9. The van der Waals surface area contributed by atoms with Gasteiger partial charge in [-0.2, -0.15) is 0 Å². The van der Waals surface area contributed by atoms with Crippen LogP contribution in [0.4, 0.5) is 5.82 Å². The largest absolute Gasteiger partial charge is 0.383 e. The van der Waals surface area contributed by atoms with Gasteiger partial charge in [0.05, 0.1) is 0 Å². The van der Waals surface area contributed by atoms with Crippen molar-refractivity contribution in [2.24, 2.45) is 0 Å². The van der Waals surface area contributed by atoms with Gasteiger partial charge in [0.15, 0.2) is 0 Å². The summed E-state index contributed by atoms with van der Waals surface area (Å²) < 4.78 is 0. The minimum absolute atomic E-state index is 0.179. The molecule has 1 atom stereocenters. The number of nitrogens with one attached hydrogen (secondary N) is 1. The Morgan fingerprint density at radius 2 is 2.46 bits per heavy atom. The number of nitrogens with zero attached hydrogens (tertiary/aromatic N) is 1. The number of rotatable bonds is 1. The molecule has 3 nitrogen and oxygen atoms in total. The second-order valence-corrected chi connectivity index (χ2v) is 3.92. The van der Waals surface area contributed by atoms with Gasteiger partial charge >= 0.3 is 0 Å². The van der Waals surface area contributed by atoms with Gasteiger partial charge in [0, 0.05) is 23.7 Å². The average Bonchev–Trinajstić information content (AvgIpc) is 2.54. The Morgan fingerprint density at radius 3 is 3.08 bits per heavy atom. The molecule has 1 aromatic heterocycles. The summed E-state index contributed by atoms with van der Waals surface area (Å²) >= 11 is 0. The fraction of sp³-hybridized carbons (Fsp3) is 0.500. The molecule has 2 heterocycles. The highest BCUT2D eigenvalue weighted by molar-refractivity contribution is 5.44. The Bertz CT molecular complexity index is 303. The maximum absolute atomic E-state index is 5.85. The van der Waals surface area contributed by atoms with Crippen LogP contribution < -0.4 is 11.1 Å². The first-order valence-electron chi connectivity index (χ1n) is 4.64. The average molecular weight is 177 g/mol. The Labute approximate surface area is 78.4 Å². The van der Waals surface area contributed by atoms with Crippen LogP contribution in [-0.2, 0) is 5.41 Å². The fourth-order valence-electron chi connectivity index (χ4n) is 1.97. The van der Waals surface area contributed by atoms with E-state index in [9.17, 15) is 0 Å². The molecule has 13 heavy (non-hydrogen) atoms. The normalized spacial score (nSPS) is 27.8. The van der Waals surface area contributed by atoms with Crippen molar-refractivity contribution in [3.05, 3.63) is 23.9 Å². The molecule has 1 aromatic rings. The van der Waals surface area contributed by atoms with Crippen molar-refractivity contribution in [1.82, 2.24) is 10.3 Å². The zero-order chi connectivity index (χ0) is 9.31. The van der Waals surface area contributed by atoms with Crippen LogP contribution in [0, 0.1) is 0 Å². The van der Waals surface area contributed by atoms with E-state index in [2.05, 4.69) is 23.3 Å². The van der Waals surface area contributed by atoms with Crippen LogP contribution in [0.1, 0.15) is 18.9 Å². The van der Waals surface area contributed by atoms with Gasteiger partial charge in [0.2, 0.25) is 0 Å². The SMILES string of the molecule is CC1(c2cccnc2N)CCNC1. The van der Waals surface area contributed by atoms with Gasteiger partial charge in [-0.3, -0.25) is 0 Å². The Balaban J connectivity index is 2.39. The van der Waals surface area contributed by atoms with Crippen molar-refractivity contribution in [2.75, 3.05) is 18.8 Å². The van der Waals surface area contributed by atoms with Gasteiger partial charge in [-0.25, -0.2) is 4.98 Å². The van der Waals surface area contributed by atoms with Crippen LogP contribution in [-0.4, -0.2) is 18.1 Å². The van der Waals surface area contributed by atoms with Gasteiger partial charge in [-0.15, -0.1) is 0 Å². The molecule has 3 N–H and O–H groups in total. The lowest BCUT2D eigenvalue weighted by molar-refractivity contribution is 0.525. The topological polar surface area (TPSA) is 50.9 Å². The molecule has 0 radical (unpaired) electrons. The van der Waals surface area contributed by atoms with E-state index in [1.165, 1.54) is 5.56 Å². The van der Waals surface area contributed by atoms with Crippen molar-refractivity contribution < 1.29 is 0 Å². The van der Waals surface area contributed by atoms with E-state index in [-0.39, 0.29) is 5.41 Å². The number of anilines is 1. The maximum atomic E-state index is 5.85. The van der Waals surface area contributed by atoms with Crippen molar-refractivity contribution in [1.29, 1.82) is 0 Å². The molecule has 70 valence electrons. The standard InChI is InChI=1S/C10H15N3/c1-10(4-6-12-7-10)8-3-2-5-13-9(8)11/h2-3,5,12H,4,6-7H2,1H3,(H2,11,13). The molecule has 0 aromatic carbocycles. The van der Waals surface area contributed by atoms with Gasteiger partial charge in [-0.1, -0.05) is 13.0 Å². The molecule has 0 amide bonds. The van der Waals surface area contributed by atoms with Crippen LogP contribution in [0.15, 0.2) is 18.3 Å². The number of nitrogen functional groups attached to an aromatic ring is 1. The van der Waals surface area contributed by atoms with Gasteiger partial charge in [-0.05, 0) is 19.0 Å². The summed E-state index contributed by atoms with van der Waals surface area (Å²) in [6, 6.07) is 4.03. The molecule has 1 unspecified atom stereocenters. The van der Waals surface area contributed by atoms with Crippen molar-refractivity contribution in [3.8, 4) is 0 Å². The molecule has 3 heteroatoms. The number of nitrogens with two attached hydrogens (primary N) is 1. The lowest BCUT2D eigenvalue weighted by Crippen LogP contribution is -2.26. The van der Waals surface area contributed by atoms with E-state index < -0.39 is 0 Å². The van der Waals surface area contributed by atoms with E-state index in [1.807, 2.05) is 6.07 Å². The molecule has 0 saturated carbocycles. The van der Waals surface area contributed by atoms with Crippen molar-refractivity contribution in [2.45, 2.75) is 18.8 Å². The predicted octanol–water partition coefficient (Wildman–Crippen LogP) is 0.915. The third-order valence-electron chi connectivity index (χ3n) is 2.86. The first-order valence-corrected chi connectivity index (χ1v) is 4.64. The van der Waals surface area contributed by atoms with Crippen LogP contribution >= 0.6 is 0 Å². The summed E-state index contributed by atoms with van der Waals surface area (Å²) in [4.78, 5) is 4.12. The minimum Gasteiger partial charge on any atom is -0.383 e. The molecule has 0 bridgehead atoms. The number of hydrogen-bond donors (Lipinski definition) is 2. The molecule has 0 aliphatic carbocycles. The summed E-state index contributed by atoms with van der Waals surface area (Å²) in [5.41, 5.74) is 7.21. The third-order valence-corrected chi connectivity index (χ3v) is 2.86. The Morgan fingerprint density at radius 1 is 1.62 bits per heavy atom. The highest BCUT2D eigenvalue weighted by Gasteiger charge is 2.32. The van der Waals surface area contributed by atoms with E-state index >= 15 is 0 Å². The maximum Gasteiger partial charge on any atom is 0.127 e. The number of pyridine rings is 1. The predicted molar refractivity (Wildman–Crippen MR) is 53.5 cm³/mol. The first-order chi connectivity index (χ1) is 6.22. The second kappa shape index (κ2) is 3.00. The van der Waals surface area contributed by atoms with Gasteiger partial charge in [0.1, 0.15) is 5.82 Å². The van der Waals surface area contributed by atoms with E-state index in [4.69, 9.17) is 5.73 Å². The lowest BCUT2D eigenvalue weighted by atomic mass is 9.82. The molecule has 1 aliphatic rings. The third kappa shape index (κ3) is 1.40. The van der Waals surface area contributed by atoms with Crippen LogP contribution in [0.5, 0.6) is 0 Å². The van der Waals surface area contributed by atoms with E-state index in [0.29, 0.717) is 5.82 Å². The summed E-state index contributed by atoms with van der Waals surface area (Å²) in [6.07, 6.45) is 2.88. The number of hydrogen-bond acceptors (Lipinski definition) is 3. The molecular weight excluding hydrogens is 162 g/mol. The summed E-state index contributed by atoms with van der Waals surface area (Å²) in [5.74, 6) is 0.675. The first kappa shape index (κ1) is 8.51. The Kier molecular flexibility index (Phi) is 1.96. The fourth-order valence-corrected chi connectivity index (χ4v) is 1.97. The van der Waals surface area contributed by atoms with Gasteiger partial charge in [0.25, 0.3) is 0 Å². The summed E-state index contributed by atoms with van der Waals surface area (Å²) in [7, 11) is 0. The summed E-state index contributed by atoms with van der Waals surface area (Å²) in [5, 5.41) is 3.36. The zero-order valence-electron chi connectivity index (χ0n) is 7.88. The molecule has 1 fully saturated rings. The quantitative estimate of drug-likeness (QED) is 0.670. The van der Waals surface area contributed by atoms with Crippen molar-refractivity contribution >= 4 is 5.82 Å². The molecule has 0 spiro atoms. The molecule has 2 rings (SSSR count). The minimum atomic E-state index is 0.179. The monoisotopic (exact) mass is 177 g/mol. The van der Waals surface area contributed by atoms with E-state index in [1.54, 1.807) is 6.20 Å².